The van der Waals surface area contributed by atoms with Gasteiger partial charge >= 0.3 is 0 Å². The van der Waals surface area contributed by atoms with E-state index >= 15 is 0 Å². The van der Waals surface area contributed by atoms with Crippen LogP contribution in [0.5, 0.6) is 5.88 Å². The maximum atomic E-state index is 5.75. The molecule has 0 amide bonds. The van der Waals surface area contributed by atoms with Gasteiger partial charge in [0.05, 0.1) is 0 Å². The predicted octanol–water partition coefficient (Wildman–Crippen LogP) is 3.06. The summed E-state index contributed by atoms with van der Waals surface area (Å²) < 4.78 is 6.56. The summed E-state index contributed by atoms with van der Waals surface area (Å²) >= 11 is 3.41. The van der Waals surface area contributed by atoms with Crippen LogP contribution in [0.1, 0.15) is 38.4 Å². The molecule has 1 saturated heterocycles. The molecule has 4 nitrogen and oxygen atoms in total. The van der Waals surface area contributed by atoms with Crippen LogP contribution in [0, 0.1) is 0 Å². The zero-order valence-electron chi connectivity index (χ0n) is 11.6. The molecule has 0 aliphatic carbocycles. The molecule has 0 aromatic carbocycles. The minimum atomic E-state index is 0.683. The number of hydrogen-bond donors (Lipinski definition) is 0. The lowest BCUT2D eigenvalue weighted by Gasteiger charge is -2.26. The molecular formula is C14H22BrN3O. The lowest BCUT2D eigenvalue weighted by molar-refractivity contribution is 0.180. The topological polar surface area (TPSA) is 38.2 Å². The predicted molar refractivity (Wildman–Crippen MR) is 79.5 cm³/mol. The van der Waals surface area contributed by atoms with E-state index in [9.17, 15) is 0 Å². The van der Waals surface area contributed by atoms with E-state index in [1.165, 1.54) is 32.4 Å². The lowest BCUT2D eigenvalue weighted by atomic mass is 10.1. The van der Waals surface area contributed by atoms with Crippen molar-refractivity contribution in [3.05, 3.63) is 16.5 Å². The molecule has 19 heavy (non-hydrogen) atoms. The maximum absolute atomic E-state index is 5.75. The van der Waals surface area contributed by atoms with Crippen molar-refractivity contribution in [1.82, 2.24) is 14.9 Å². The largest absolute Gasteiger partial charge is 0.476 e. The van der Waals surface area contributed by atoms with E-state index in [1.54, 1.807) is 0 Å². The zero-order valence-corrected chi connectivity index (χ0v) is 13.2. The number of piperidine rings is 1. The lowest BCUT2D eigenvalue weighted by Crippen LogP contribution is -2.33. The van der Waals surface area contributed by atoms with E-state index < -0.39 is 0 Å². The Labute approximate surface area is 123 Å². The van der Waals surface area contributed by atoms with Gasteiger partial charge in [0.2, 0.25) is 5.88 Å². The zero-order chi connectivity index (χ0) is 13.5. The molecule has 1 aliphatic heterocycles. The molecule has 0 saturated carbocycles. The van der Waals surface area contributed by atoms with Gasteiger partial charge in [-0.05, 0) is 48.3 Å². The van der Waals surface area contributed by atoms with Crippen molar-refractivity contribution in [3.63, 3.8) is 0 Å². The van der Waals surface area contributed by atoms with Gasteiger partial charge in [0.1, 0.15) is 17.0 Å². The molecule has 0 unspecified atom stereocenters. The summed E-state index contributed by atoms with van der Waals surface area (Å²) in [5.74, 6) is 1.53. The molecule has 1 aliphatic rings. The third-order valence-electron chi connectivity index (χ3n) is 3.30. The van der Waals surface area contributed by atoms with E-state index in [0.717, 1.165) is 29.8 Å². The van der Waals surface area contributed by atoms with Crippen LogP contribution in [0.3, 0.4) is 0 Å². The maximum Gasteiger partial charge on any atom is 0.217 e. The molecule has 0 N–H and O–H groups in total. The number of ether oxygens (including phenoxy) is 1. The Hall–Kier alpha value is -0.680. The normalized spacial score (nSPS) is 16.5. The summed E-state index contributed by atoms with van der Waals surface area (Å²) in [4.78, 5) is 11.2. The van der Waals surface area contributed by atoms with Crippen molar-refractivity contribution in [1.29, 1.82) is 0 Å². The van der Waals surface area contributed by atoms with Crippen LogP contribution in [0.4, 0.5) is 0 Å². The fourth-order valence-corrected chi connectivity index (χ4v) is 2.71. The Morgan fingerprint density at radius 1 is 1.26 bits per heavy atom. The van der Waals surface area contributed by atoms with E-state index in [0.29, 0.717) is 12.5 Å². The molecule has 0 radical (unpaired) electrons. The van der Waals surface area contributed by atoms with Crippen LogP contribution in [0.15, 0.2) is 10.7 Å². The van der Waals surface area contributed by atoms with Crippen LogP contribution in [-0.2, 0) is 6.42 Å². The Kier molecular flexibility index (Phi) is 6.04. The standard InChI is InChI=1S/C14H22BrN3O/c1-2-6-13-16-12(15)11-14(17-13)19-10-9-18-7-4-3-5-8-18/h11H,2-10H2,1H3. The minimum absolute atomic E-state index is 0.683. The highest BCUT2D eigenvalue weighted by Crippen LogP contribution is 2.15. The molecule has 1 aromatic rings. The quantitative estimate of drug-likeness (QED) is 0.753. The van der Waals surface area contributed by atoms with Crippen LogP contribution in [-0.4, -0.2) is 41.1 Å². The smallest absolute Gasteiger partial charge is 0.217 e. The van der Waals surface area contributed by atoms with E-state index in [2.05, 4.69) is 37.7 Å². The second-order valence-electron chi connectivity index (χ2n) is 4.95. The van der Waals surface area contributed by atoms with Crippen LogP contribution in [0.25, 0.3) is 0 Å². The van der Waals surface area contributed by atoms with Gasteiger partial charge in [-0.25, -0.2) is 4.98 Å². The van der Waals surface area contributed by atoms with Gasteiger partial charge in [0, 0.05) is 19.0 Å². The van der Waals surface area contributed by atoms with Crippen LogP contribution >= 0.6 is 15.9 Å². The number of aryl methyl sites for hydroxylation is 1. The van der Waals surface area contributed by atoms with Crippen molar-refractivity contribution in [2.45, 2.75) is 39.0 Å². The first kappa shape index (κ1) is 14.7. The molecule has 106 valence electrons. The number of rotatable bonds is 6. The monoisotopic (exact) mass is 327 g/mol. The molecule has 2 rings (SSSR count). The summed E-state index contributed by atoms with van der Waals surface area (Å²) in [7, 11) is 0. The first-order valence-electron chi connectivity index (χ1n) is 7.16. The highest BCUT2D eigenvalue weighted by atomic mass is 79.9. The Morgan fingerprint density at radius 2 is 2.05 bits per heavy atom. The SMILES string of the molecule is CCCc1nc(Br)cc(OCCN2CCCCC2)n1. The number of nitrogens with zero attached hydrogens (tertiary/aromatic N) is 3. The highest BCUT2D eigenvalue weighted by Gasteiger charge is 2.10. The molecule has 0 bridgehead atoms. The van der Waals surface area contributed by atoms with Gasteiger partial charge in [0.25, 0.3) is 0 Å². The fraction of sp³-hybridized carbons (Fsp3) is 0.714. The average Bonchev–Trinajstić information content (AvgIpc) is 2.40. The third-order valence-corrected chi connectivity index (χ3v) is 3.70. The highest BCUT2D eigenvalue weighted by molar-refractivity contribution is 9.10. The second-order valence-corrected chi connectivity index (χ2v) is 5.76. The molecular weight excluding hydrogens is 306 g/mol. The number of aromatic nitrogens is 2. The molecule has 0 atom stereocenters. The number of hydrogen-bond acceptors (Lipinski definition) is 4. The van der Waals surface area contributed by atoms with Gasteiger partial charge < -0.3 is 4.74 Å². The molecule has 0 spiro atoms. The average molecular weight is 328 g/mol. The van der Waals surface area contributed by atoms with Crippen molar-refractivity contribution in [2.24, 2.45) is 0 Å². The second kappa shape index (κ2) is 7.80. The molecule has 1 aromatic heterocycles. The Morgan fingerprint density at radius 3 is 2.79 bits per heavy atom. The van der Waals surface area contributed by atoms with Crippen molar-refractivity contribution < 1.29 is 4.74 Å². The van der Waals surface area contributed by atoms with Crippen LogP contribution < -0.4 is 4.74 Å². The summed E-state index contributed by atoms with van der Waals surface area (Å²) in [6.45, 7) is 6.23. The fourth-order valence-electron chi connectivity index (χ4n) is 2.31. The van der Waals surface area contributed by atoms with Gasteiger partial charge in [-0.2, -0.15) is 4.98 Å². The van der Waals surface area contributed by atoms with Crippen molar-refractivity contribution >= 4 is 15.9 Å². The summed E-state index contributed by atoms with van der Waals surface area (Å²) in [5, 5.41) is 0. The van der Waals surface area contributed by atoms with Crippen LogP contribution in [0.2, 0.25) is 0 Å². The Balaban J connectivity index is 1.81. The summed E-state index contributed by atoms with van der Waals surface area (Å²) in [5.41, 5.74) is 0. The number of likely N-dealkylation sites (tertiary alicyclic amines) is 1. The molecule has 1 fully saturated rings. The molecule has 5 heteroatoms. The van der Waals surface area contributed by atoms with Crippen molar-refractivity contribution in [2.75, 3.05) is 26.2 Å². The first-order chi connectivity index (χ1) is 9.28. The van der Waals surface area contributed by atoms with E-state index in [1.807, 2.05) is 6.07 Å². The van der Waals surface area contributed by atoms with Gasteiger partial charge in [-0.15, -0.1) is 0 Å². The minimum Gasteiger partial charge on any atom is -0.476 e. The summed E-state index contributed by atoms with van der Waals surface area (Å²) in [6, 6.07) is 1.84. The summed E-state index contributed by atoms with van der Waals surface area (Å²) in [6.07, 6.45) is 5.95. The van der Waals surface area contributed by atoms with Gasteiger partial charge in [-0.3, -0.25) is 4.90 Å². The Bertz CT molecular complexity index is 394. The third kappa shape index (κ3) is 5.07. The van der Waals surface area contributed by atoms with Crippen molar-refractivity contribution in [3.8, 4) is 5.88 Å². The van der Waals surface area contributed by atoms with Gasteiger partial charge in [-0.1, -0.05) is 13.3 Å². The van der Waals surface area contributed by atoms with E-state index in [4.69, 9.17) is 4.74 Å². The van der Waals surface area contributed by atoms with Gasteiger partial charge in [0.15, 0.2) is 0 Å². The van der Waals surface area contributed by atoms with E-state index in [-0.39, 0.29) is 0 Å². The molecule has 2 heterocycles. The first-order valence-corrected chi connectivity index (χ1v) is 7.96. The number of halogens is 1.